The fourth-order valence-corrected chi connectivity index (χ4v) is 2.15. The fourth-order valence-electron chi connectivity index (χ4n) is 2.15. The van der Waals surface area contributed by atoms with Crippen LogP contribution in [0.25, 0.3) is 11.5 Å². The second-order valence-corrected chi connectivity index (χ2v) is 5.71. The second kappa shape index (κ2) is 7.87. The van der Waals surface area contributed by atoms with Gasteiger partial charge in [-0.25, -0.2) is 9.37 Å². The number of amides is 1. The van der Waals surface area contributed by atoms with Gasteiger partial charge in [-0.15, -0.1) is 0 Å². The molecule has 5 nitrogen and oxygen atoms in total. The van der Waals surface area contributed by atoms with Crippen LogP contribution in [0.3, 0.4) is 0 Å². The molecule has 0 spiro atoms. The van der Waals surface area contributed by atoms with Gasteiger partial charge in [0, 0.05) is 12.1 Å². The molecule has 1 heterocycles. The Morgan fingerprint density at radius 1 is 1.30 bits per heavy atom. The first-order chi connectivity index (χ1) is 11.0. The van der Waals surface area contributed by atoms with Crippen LogP contribution in [0.5, 0.6) is 0 Å². The average Bonchev–Trinajstić information content (AvgIpc) is 2.85. The third-order valence-electron chi connectivity index (χ3n) is 3.42. The van der Waals surface area contributed by atoms with Gasteiger partial charge in [-0.3, -0.25) is 4.79 Å². The summed E-state index contributed by atoms with van der Waals surface area (Å²) in [4.78, 5) is 18.4. The summed E-state index contributed by atoms with van der Waals surface area (Å²) in [5, 5.41) is 2.87. The van der Waals surface area contributed by atoms with Crippen molar-refractivity contribution >= 4 is 5.91 Å². The Morgan fingerprint density at radius 2 is 2.00 bits per heavy atom. The molecule has 2 aromatic rings. The summed E-state index contributed by atoms with van der Waals surface area (Å²) in [6, 6.07) is 5.91. The summed E-state index contributed by atoms with van der Waals surface area (Å²) in [6.07, 6.45) is 1.08. The highest BCUT2D eigenvalue weighted by Gasteiger charge is 2.14. The minimum atomic E-state index is -0.311. The van der Waals surface area contributed by atoms with Crippen molar-refractivity contribution in [3.05, 3.63) is 41.5 Å². The molecule has 23 heavy (non-hydrogen) atoms. The number of halogens is 1. The summed E-state index contributed by atoms with van der Waals surface area (Å²) in [7, 11) is 4.00. The van der Waals surface area contributed by atoms with Gasteiger partial charge in [0.15, 0.2) is 0 Å². The highest BCUT2D eigenvalue weighted by molar-refractivity contribution is 5.78. The third-order valence-corrected chi connectivity index (χ3v) is 3.42. The smallest absolute Gasteiger partial charge is 0.226 e. The molecule has 0 saturated carbocycles. The van der Waals surface area contributed by atoms with Gasteiger partial charge in [0.05, 0.1) is 12.1 Å². The van der Waals surface area contributed by atoms with Gasteiger partial charge in [0.1, 0.15) is 11.6 Å². The molecule has 1 amide bonds. The Kier molecular flexibility index (Phi) is 5.87. The zero-order valence-corrected chi connectivity index (χ0v) is 13.7. The van der Waals surface area contributed by atoms with E-state index in [0.29, 0.717) is 29.5 Å². The second-order valence-electron chi connectivity index (χ2n) is 5.71. The SMILES string of the molecule is Cc1oc(-c2ccc(F)cc2)nc1CC(=O)NCCCN(C)C. The van der Waals surface area contributed by atoms with Crippen molar-refractivity contribution in [3.63, 3.8) is 0 Å². The molecular formula is C17H22FN3O2. The third kappa shape index (κ3) is 5.17. The van der Waals surface area contributed by atoms with Crippen molar-refractivity contribution in [2.75, 3.05) is 27.2 Å². The van der Waals surface area contributed by atoms with E-state index in [-0.39, 0.29) is 18.1 Å². The number of carbonyl (C=O) groups is 1. The van der Waals surface area contributed by atoms with E-state index in [2.05, 4.69) is 15.2 Å². The quantitative estimate of drug-likeness (QED) is 0.796. The Bertz CT molecular complexity index is 650. The molecule has 0 unspecified atom stereocenters. The molecule has 2 rings (SSSR count). The van der Waals surface area contributed by atoms with Crippen molar-refractivity contribution in [1.82, 2.24) is 15.2 Å². The van der Waals surface area contributed by atoms with E-state index in [0.717, 1.165) is 13.0 Å². The van der Waals surface area contributed by atoms with E-state index in [1.54, 1.807) is 19.1 Å². The normalized spacial score (nSPS) is 11.0. The molecule has 1 N–H and O–H groups in total. The van der Waals surface area contributed by atoms with Crippen molar-refractivity contribution in [1.29, 1.82) is 0 Å². The van der Waals surface area contributed by atoms with Crippen molar-refractivity contribution < 1.29 is 13.6 Å². The summed E-state index contributed by atoms with van der Waals surface area (Å²) in [5.74, 6) is 0.617. The van der Waals surface area contributed by atoms with Gasteiger partial charge >= 0.3 is 0 Å². The van der Waals surface area contributed by atoms with E-state index in [4.69, 9.17) is 4.42 Å². The van der Waals surface area contributed by atoms with Gasteiger partial charge in [-0.05, 0) is 58.3 Å². The molecule has 0 aliphatic rings. The molecule has 0 aliphatic heterocycles. The number of hydrogen-bond acceptors (Lipinski definition) is 4. The maximum Gasteiger partial charge on any atom is 0.226 e. The van der Waals surface area contributed by atoms with Crippen LogP contribution in [0.2, 0.25) is 0 Å². The lowest BCUT2D eigenvalue weighted by molar-refractivity contribution is -0.120. The number of nitrogens with one attached hydrogen (secondary N) is 1. The molecule has 0 saturated heterocycles. The first-order valence-corrected chi connectivity index (χ1v) is 7.59. The largest absolute Gasteiger partial charge is 0.441 e. The monoisotopic (exact) mass is 319 g/mol. The van der Waals surface area contributed by atoms with Crippen LogP contribution in [0.4, 0.5) is 4.39 Å². The summed E-state index contributed by atoms with van der Waals surface area (Å²) in [6.45, 7) is 3.34. The zero-order chi connectivity index (χ0) is 16.8. The molecule has 124 valence electrons. The van der Waals surface area contributed by atoms with Crippen molar-refractivity contribution in [2.24, 2.45) is 0 Å². The Labute approximate surface area is 135 Å². The standard InChI is InChI=1S/C17H22FN3O2/c1-12-15(11-16(22)19-9-4-10-21(2)3)20-17(23-12)13-5-7-14(18)8-6-13/h5-8H,4,9-11H2,1-3H3,(H,19,22). The van der Waals surface area contributed by atoms with Crippen LogP contribution in [-0.4, -0.2) is 43.0 Å². The van der Waals surface area contributed by atoms with Crippen LogP contribution in [0.15, 0.2) is 28.7 Å². The molecule has 1 aromatic heterocycles. The van der Waals surface area contributed by atoms with Crippen LogP contribution in [0, 0.1) is 12.7 Å². The number of oxazole rings is 1. The van der Waals surface area contributed by atoms with Gasteiger partial charge in [-0.2, -0.15) is 0 Å². The first kappa shape index (κ1) is 17.1. The number of hydrogen-bond donors (Lipinski definition) is 1. The molecule has 0 bridgehead atoms. The van der Waals surface area contributed by atoms with Crippen LogP contribution < -0.4 is 5.32 Å². The summed E-state index contributed by atoms with van der Waals surface area (Å²) in [5.41, 5.74) is 1.29. The number of rotatable bonds is 7. The molecule has 0 aliphatic carbocycles. The van der Waals surface area contributed by atoms with Gasteiger partial charge < -0.3 is 14.6 Å². The number of aromatic nitrogens is 1. The van der Waals surface area contributed by atoms with E-state index >= 15 is 0 Å². The van der Waals surface area contributed by atoms with Crippen LogP contribution >= 0.6 is 0 Å². The molecule has 0 fully saturated rings. The molecule has 0 atom stereocenters. The van der Waals surface area contributed by atoms with E-state index in [1.165, 1.54) is 12.1 Å². The topological polar surface area (TPSA) is 58.4 Å². The minimum absolute atomic E-state index is 0.0780. The van der Waals surface area contributed by atoms with E-state index in [9.17, 15) is 9.18 Å². The number of benzene rings is 1. The Morgan fingerprint density at radius 3 is 2.65 bits per heavy atom. The molecule has 0 radical (unpaired) electrons. The van der Waals surface area contributed by atoms with Crippen LogP contribution in [-0.2, 0) is 11.2 Å². The first-order valence-electron chi connectivity index (χ1n) is 7.59. The van der Waals surface area contributed by atoms with Crippen molar-refractivity contribution in [2.45, 2.75) is 19.8 Å². The predicted molar refractivity (Wildman–Crippen MR) is 86.5 cm³/mol. The predicted octanol–water partition coefficient (Wildman–Crippen LogP) is 2.40. The molecule has 1 aromatic carbocycles. The van der Waals surface area contributed by atoms with Crippen molar-refractivity contribution in [3.8, 4) is 11.5 Å². The zero-order valence-electron chi connectivity index (χ0n) is 13.7. The highest BCUT2D eigenvalue weighted by atomic mass is 19.1. The minimum Gasteiger partial charge on any atom is -0.441 e. The number of carbonyl (C=O) groups excluding carboxylic acids is 1. The highest BCUT2D eigenvalue weighted by Crippen LogP contribution is 2.22. The lowest BCUT2D eigenvalue weighted by Gasteiger charge is -2.09. The summed E-state index contributed by atoms with van der Waals surface area (Å²) >= 11 is 0. The molecule has 6 heteroatoms. The molecular weight excluding hydrogens is 297 g/mol. The average molecular weight is 319 g/mol. The summed E-state index contributed by atoms with van der Waals surface area (Å²) < 4.78 is 18.5. The van der Waals surface area contributed by atoms with Crippen LogP contribution in [0.1, 0.15) is 17.9 Å². The van der Waals surface area contributed by atoms with Gasteiger partial charge in [0.25, 0.3) is 0 Å². The Hall–Kier alpha value is -2.21. The number of nitrogens with zero attached hydrogens (tertiary/aromatic N) is 2. The maximum atomic E-state index is 12.9. The van der Waals surface area contributed by atoms with Gasteiger partial charge in [-0.1, -0.05) is 0 Å². The van der Waals surface area contributed by atoms with E-state index < -0.39 is 0 Å². The van der Waals surface area contributed by atoms with Gasteiger partial charge in [0.2, 0.25) is 11.8 Å². The lowest BCUT2D eigenvalue weighted by Crippen LogP contribution is -2.28. The van der Waals surface area contributed by atoms with E-state index in [1.807, 2.05) is 14.1 Å². The Balaban J connectivity index is 1.93. The lowest BCUT2D eigenvalue weighted by atomic mass is 10.2. The number of aryl methyl sites for hydroxylation is 1. The fraction of sp³-hybridized carbons (Fsp3) is 0.412. The maximum absolute atomic E-state index is 12.9.